The van der Waals surface area contributed by atoms with E-state index in [2.05, 4.69) is 49.3 Å². The first-order chi connectivity index (χ1) is 9.22. The molecular weight excluding hydrogens is 232 g/mol. The fourth-order valence-electron chi connectivity index (χ4n) is 2.46. The van der Waals surface area contributed by atoms with Crippen molar-refractivity contribution in [3.05, 3.63) is 48.0 Å². The largest absolute Gasteiger partial charge is 0.309 e. The summed E-state index contributed by atoms with van der Waals surface area (Å²) in [7, 11) is 4.14. The number of fused-ring (bicyclic) bond motifs is 1. The van der Waals surface area contributed by atoms with Crippen LogP contribution in [-0.2, 0) is 0 Å². The van der Waals surface area contributed by atoms with Crippen LogP contribution in [0.2, 0.25) is 0 Å². The van der Waals surface area contributed by atoms with E-state index in [1.807, 2.05) is 18.2 Å². The van der Waals surface area contributed by atoms with E-state index in [0.717, 1.165) is 19.4 Å². The van der Waals surface area contributed by atoms with Gasteiger partial charge in [0.15, 0.2) is 0 Å². The molecule has 0 radical (unpaired) electrons. The predicted octanol–water partition coefficient (Wildman–Crippen LogP) is 3.79. The van der Waals surface area contributed by atoms with E-state index in [-0.39, 0.29) is 5.92 Å². The summed E-state index contributed by atoms with van der Waals surface area (Å²) < 4.78 is 0. The molecule has 2 nitrogen and oxygen atoms in total. The van der Waals surface area contributed by atoms with Gasteiger partial charge in [-0.25, -0.2) is 0 Å². The Labute approximate surface area is 115 Å². The molecule has 0 aliphatic rings. The van der Waals surface area contributed by atoms with Gasteiger partial charge >= 0.3 is 0 Å². The molecule has 2 aromatic carbocycles. The molecular formula is C17H20N2. The predicted molar refractivity (Wildman–Crippen MR) is 80.1 cm³/mol. The van der Waals surface area contributed by atoms with Crippen LogP contribution in [0.25, 0.3) is 10.8 Å². The standard InChI is InChI=1S/C17H20N2/c1-19(2)12-6-9-15(13-18)17-11-5-8-14-7-3-4-10-16(14)17/h3-5,7-8,10-11,15H,6,9,12H2,1-2H3. The van der Waals surface area contributed by atoms with Crippen LogP contribution in [0.5, 0.6) is 0 Å². The van der Waals surface area contributed by atoms with Crippen molar-refractivity contribution in [1.82, 2.24) is 4.90 Å². The smallest absolute Gasteiger partial charge is 0.0719 e. The van der Waals surface area contributed by atoms with Gasteiger partial charge in [0.05, 0.1) is 12.0 Å². The minimum atomic E-state index is -0.00829. The summed E-state index contributed by atoms with van der Waals surface area (Å²) in [5, 5.41) is 11.9. The average molecular weight is 252 g/mol. The Morgan fingerprint density at radius 2 is 1.84 bits per heavy atom. The molecule has 2 heteroatoms. The third-order valence-electron chi connectivity index (χ3n) is 3.45. The van der Waals surface area contributed by atoms with Crippen LogP contribution in [0.4, 0.5) is 0 Å². The van der Waals surface area contributed by atoms with Crippen LogP contribution in [0, 0.1) is 11.3 Å². The molecule has 19 heavy (non-hydrogen) atoms. The molecule has 0 saturated heterocycles. The average Bonchev–Trinajstić information content (AvgIpc) is 2.43. The lowest BCUT2D eigenvalue weighted by Crippen LogP contribution is -2.13. The Morgan fingerprint density at radius 3 is 2.58 bits per heavy atom. The molecule has 0 aliphatic heterocycles. The van der Waals surface area contributed by atoms with Crippen molar-refractivity contribution in [2.24, 2.45) is 0 Å². The maximum absolute atomic E-state index is 9.44. The van der Waals surface area contributed by atoms with Gasteiger partial charge in [-0.05, 0) is 49.8 Å². The van der Waals surface area contributed by atoms with Crippen LogP contribution < -0.4 is 0 Å². The van der Waals surface area contributed by atoms with Gasteiger partial charge in [-0.2, -0.15) is 5.26 Å². The molecule has 1 atom stereocenters. The van der Waals surface area contributed by atoms with Crippen LogP contribution in [0.3, 0.4) is 0 Å². The lowest BCUT2D eigenvalue weighted by atomic mass is 9.91. The first-order valence-electron chi connectivity index (χ1n) is 6.74. The number of rotatable bonds is 5. The van der Waals surface area contributed by atoms with Gasteiger partial charge in [0.25, 0.3) is 0 Å². The first-order valence-corrected chi connectivity index (χ1v) is 6.74. The van der Waals surface area contributed by atoms with Gasteiger partial charge in [-0.3, -0.25) is 0 Å². The Hall–Kier alpha value is -1.85. The van der Waals surface area contributed by atoms with Crippen molar-refractivity contribution in [3.63, 3.8) is 0 Å². The van der Waals surface area contributed by atoms with Crippen LogP contribution in [-0.4, -0.2) is 25.5 Å². The monoisotopic (exact) mass is 252 g/mol. The third-order valence-corrected chi connectivity index (χ3v) is 3.45. The third kappa shape index (κ3) is 3.33. The van der Waals surface area contributed by atoms with E-state index >= 15 is 0 Å². The van der Waals surface area contributed by atoms with Gasteiger partial charge in [-0.1, -0.05) is 42.5 Å². The molecule has 0 bridgehead atoms. The highest BCUT2D eigenvalue weighted by Gasteiger charge is 2.13. The lowest BCUT2D eigenvalue weighted by molar-refractivity contribution is 0.391. The number of benzene rings is 2. The van der Waals surface area contributed by atoms with Crippen molar-refractivity contribution in [3.8, 4) is 6.07 Å². The number of hydrogen-bond donors (Lipinski definition) is 0. The van der Waals surface area contributed by atoms with Crippen LogP contribution >= 0.6 is 0 Å². The summed E-state index contributed by atoms with van der Waals surface area (Å²) in [5.41, 5.74) is 1.17. The van der Waals surface area contributed by atoms with Crippen molar-refractivity contribution in [2.45, 2.75) is 18.8 Å². The number of nitrogens with zero attached hydrogens (tertiary/aromatic N) is 2. The Bertz CT molecular complexity index is 576. The second kappa shape index (κ2) is 6.36. The van der Waals surface area contributed by atoms with Crippen molar-refractivity contribution in [2.75, 3.05) is 20.6 Å². The Kier molecular flexibility index (Phi) is 4.54. The van der Waals surface area contributed by atoms with Crippen LogP contribution in [0.15, 0.2) is 42.5 Å². The maximum atomic E-state index is 9.44. The molecule has 0 amide bonds. The van der Waals surface area contributed by atoms with E-state index < -0.39 is 0 Å². The van der Waals surface area contributed by atoms with Crippen molar-refractivity contribution in [1.29, 1.82) is 5.26 Å². The lowest BCUT2D eigenvalue weighted by Gasteiger charge is -2.14. The van der Waals surface area contributed by atoms with Gasteiger partial charge in [0.2, 0.25) is 0 Å². The SMILES string of the molecule is CN(C)CCCC(C#N)c1cccc2ccccc12. The molecule has 0 saturated carbocycles. The fraction of sp³-hybridized carbons (Fsp3) is 0.353. The molecule has 2 aromatic rings. The molecule has 0 aliphatic carbocycles. The summed E-state index contributed by atoms with van der Waals surface area (Å²) in [4.78, 5) is 2.16. The molecule has 1 unspecified atom stereocenters. The van der Waals surface area contributed by atoms with E-state index in [9.17, 15) is 5.26 Å². The maximum Gasteiger partial charge on any atom is 0.0719 e. The summed E-state index contributed by atoms with van der Waals surface area (Å²) >= 11 is 0. The molecule has 0 heterocycles. The van der Waals surface area contributed by atoms with E-state index in [4.69, 9.17) is 0 Å². The van der Waals surface area contributed by atoms with Gasteiger partial charge in [-0.15, -0.1) is 0 Å². The zero-order valence-electron chi connectivity index (χ0n) is 11.6. The Morgan fingerprint density at radius 1 is 1.11 bits per heavy atom. The van der Waals surface area contributed by atoms with Crippen molar-refractivity contribution >= 4 is 10.8 Å². The number of nitriles is 1. The summed E-state index contributed by atoms with van der Waals surface area (Å²) in [6.45, 7) is 1.03. The van der Waals surface area contributed by atoms with Gasteiger partial charge < -0.3 is 4.90 Å². The zero-order chi connectivity index (χ0) is 13.7. The molecule has 0 spiro atoms. The second-order valence-corrected chi connectivity index (χ2v) is 5.20. The molecule has 2 rings (SSSR count). The molecule has 0 aromatic heterocycles. The fourth-order valence-corrected chi connectivity index (χ4v) is 2.46. The van der Waals surface area contributed by atoms with E-state index in [1.54, 1.807) is 0 Å². The zero-order valence-corrected chi connectivity index (χ0v) is 11.6. The Balaban J connectivity index is 2.24. The summed E-state index contributed by atoms with van der Waals surface area (Å²) in [6, 6.07) is 17.0. The highest BCUT2D eigenvalue weighted by molar-refractivity contribution is 5.86. The minimum absolute atomic E-state index is 0.00829. The first kappa shape index (κ1) is 13.6. The minimum Gasteiger partial charge on any atom is -0.309 e. The molecule has 0 N–H and O–H groups in total. The van der Waals surface area contributed by atoms with Crippen LogP contribution in [0.1, 0.15) is 24.3 Å². The van der Waals surface area contributed by atoms with Gasteiger partial charge in [0.1, 0.15) is 0 Å². The highest BCUT2D eigenvalue weighted by Crippen LogP contribution is 2.28. The second-order valence-electron chi connectivity index (χ2n) is 5.20. The number of hydrogen-bond acceptors (Lipinski definition) is 2. The summed E-state index contributed by atoms with van der Waals surface area (Å²) in [5.74, 6) is -0.00829. The van der Waals surface area contributed by atoms with E-state index in [0.29, 0.717) is 0 Å². The van der Waals surface area contributed by atoms with Crippen molar-refractivity contribution < 1.29 is 0 Å². The van der Waals surface area contributed by atoms with E-state index in [1.165, 1.54) is 16.3 Å². The topological polar surface area (TPSA) is 27.0 Å². The highest BCUT2D eigenvalue weighted by atomic mass is 15.0. The molecule has 0 fully saturated rings. The normalized spacial score (nSPS) is 12.5. The quantitative estimate of drug-likeness (QED) is 0.809. The summed E-state index contributed by atoms with van der Waals surface area (Å²) in [6.07, 6.45) is 1.97. The molecule has 98 valence electrons. The van der Waals surface area contributed by atoms with Gasteiger partial charge in [0, 0.05) is 0 Å².